The summed E-state index contributed by atoms with van der Waals surface area (Å²) >= 11 is 0. The van der Waals surface area contributed by atoms with Crippen LogP contribution in [0.15, 0.2) is 24.3 Å². The standard InChI is InChI=1S/C19H19N3O3/c1-10-7-15(13(4)20-10)18(23)9-25-19(24)14-5-6-16-17(8-14)22-12(3)11(2)21-16/h5-8,20H,9H2,1-4H3. The maximum atomic E-state index is 12.2. The summed E-state index contributed by atoms with van der Waals surface area (Å²) in [5.74, 6) is -0.789. The van der Waals surface area contributed by atoms with E-state index >= 15 is 0 Å². The first-order valence-electron chi connectivity index (χ1n) is 7.96. The molecule has 0 bridgehead atoms. The van der Waals surface area contributed by atoms with Gasteiger partial charge in [-0.25, -0.2) is 14.8 Å². The van der Waals surface area contributed by atoms with Crippen LogP contribution in [-0.2, 0) is 4.74 Å². The summed E-state index contributed by atoms with van der Waals surface area (Å²) < 4.78 is 5.16. The molecule has 0 aliphatic rings. The molecule has 0 saturated heterocycles. The van der Waals surface area contributed by atoms with Crippen LogP contribution in [0.5, 0.6) is 0 Å². The lowest BCUT2D eigenvalue weighted by molar-refractivity contribution is 0.0474. The van der Waals surface area contributed by atoms with E-state index in [2.05, 4.69) is 15.0 Å². The van der Waals surface area contributed by atoms with Gasteiger partial charge in [0.15, 0.2) is 6.61 Å². The molecule has 1 N–H and O–H groups in total. The summed E-state index contributed by atoms with van der Waals surface area (Å²) in [6, 6.07) is 6.74. The van der Waals surface area contributed by atoms with Crippen LogP contribution >= 0.6 is 0 Å². The first kappa shape index (κ1) is 16.8. The fourth-order valence-corrected chi connectivity index (χ4v) is 2.66. The van der Waals surface area contributed by atoms with Crippen molar-refractivity contribution in [3.05, 3.63) is 58.2 Å². The Kier molecular flexibility index (Phi) is 4.35. The molecule has 1 aromatic carbocycles. The Morgan fingerprint density at radius 1 is 1.00 bits per heavy atom. The lowest BCUT2D eigenvalue weighted by Gasteiger charge is -2.06. The van der Waals surface area contributed by atoms with E-state index in [4.69, 9.17) is 4.74 Å². The van der Waals surface area contributed by atoms with Gasteiger partial charge in [-0.1, -0.05) is 0 Å². The lowest BCUT2D eigenvalue weighted by atomic mass is 10.1. The third-order valence-electron chi connectivity index (χ3n) is 4.10. The van der Waals surface area contributed by atoms with Crippen molar-refractivity contribution in [2.24, 2.45) is 0 Å². The van der Waals surface area contributed by atoms with Crippen molar-refractivity contribution in [2.45, 2.75) is 27.7 Å². The molecule has 0 aliphatic heterocycles. The number of H-pyrrole nitrogens is 1. The number of Topliss-reactive ketones (excluding diaryl/α,β-unsaturated/α-hetero) is 1. The van der Waals surface area contributed by atoms with Crippen molar-refractivity contribution in [1.29, 1.82) is 0 Å². The third-order valence-corrected chi connectivity index (χ3v) is 4.10. The highest BCUT2D eigenvalue weighted by atomic mass is 16.5. The smallest absolute Gasteiger partial charge is 0.338 e. The fourth-order valence-electron chi connectivity index (χ4n) is 2.66. The minimum atomic E-state index is -0.555. The molecule has 2 aromatic heterocycles. The number of rotatable bonds is 4. The molecule has 0 aliphatic carbocycles. The Morgan fingerprint density at radius 3 is 2.32 bits per heavy atom. The van der Waals surface area contributed by atoms with E-state index in [1.54, 1.807) is 24.3 Å². The topological polar surface area (TPSA) is 84.9 Å². The molecule has 3 aromatic rings. The molecule has 6 nitrogen and oxygen atoms in total. The average Bonchev–Trinajstić information content (AvgIpc) is 2.91. The molecule has 6 heteroatoms. The zero-order chi connectivity index (χ0) is 18.1. The minimum Gasteiger partial charge on any atom is -0.454 e. The van der Waals surface area contributed by atoms with Gasteiger partial charge in [0, 0.05) is 17.0 Å². The number of hydrogen-bond acceptors (Lipinski definition) is 5. The number of nitrogens with one attached hydrogen (secondary N) is 1. The SMILES string of the molecule is Cc1cc(C(=O)COC(=O)c2ccc3nc(C)c(C)nc3c2)c(C)[nH]1. The van der Waals surface area contributed by atoms with Gasteiger partial charge >= 0.3 is 5.97 Å². The second kappa shape index (κ2) is 6.47. The number of esters is 1. The number of carbonyl (C=O) groups excluding carboxylic acids is 2. The second-order valence-corrected chi connectivity index (χ2v) is 6.09. The van der Waals surface area contributed by atoms with Gasteiger partial charge in [-0.3, -0.25) is 4.79 Å². The van der Waals surface area contributed by atoms with Gasteiger partial charge in [0.25, 0.3) is 0 Å². The largest absolute Gasteiger partial charge is 0.454 e. The molecule has 0 atom stereocenters. The van der Waals surface area contributed by atoms with Crippen LogP contribution in [0.2, 0.25) is 0 Å². The summed E-state index contributed by atoms with van der Waals surface area (Å²) in [5, 5.41) is 0. The number of hydrogen-bond donors (Lipinski definition) is 1. The van der Waals surface area contributed by atoms with E-state index in [0.29, 0.717) is 22.2 Å². The molecule has 0 fully saturated rings. The number of aromatic amines is 1. The Balaban J connectivity index is 1.75. The summed E-state index contributed by atoms with van der Waals surface area (Å²) in [7, 11) is 0. The van der Waals surface area contributed by atoms with E-state index in [-0.39, 0.29) is 12.4 Å². The van der Waals surface area contributed by atoms with Crippen LogP contribution in [-0.4, -0.2) is 33.3 Å². The molecule has 2 heterocycles. The van der Waals surface area contributed by atoms with Gasteiger partial charge in [-0.2, -0.15) is 0 Å². The lowest BCUT2D eigenvalue weighted by Crippen LogP contribution is -2.14. The van der Waals surface area contributed by atoms with Gasteiger partial charge in [-0.15, -0.1) is 0 Å². The minimum absolute atomic E-state index is 0.234. The Labute approximate surface area is 145 Å². The fraction of sp³-hybridized carbons (Fsp3) is 0.263. The van der Waals surface area contributed by atoms with Crippen LogP contribution in [0, 0.1) is 27.7 Å². The predicted octanol–water partition coefficient (Wildman–Crippen LogP) is 3.23. The number of carbonyl (C=O) groups is 2. The van der Waals surface area contributed by atoms with E-state index in [0.717, 1.165) is 22.8 Å². The van der Waals surface area contributed by atoms with Crippen molar-refractivity contribution >= 4 is 22.8 Å². The Bertz CT molecular complexity index is 989. The van der Waals surface area contributed by atoms with Crippen molar-refractivity contribution in [3.63, 3.8) is 0 Å². The van der Waals surface area contributed by atoms with E-state index in [9.17, 15) is 9.59 Å². The molecule has 25 heavy (non-hydrogen) atoms. The number of aromatic nitrogens is 3. The monoisotopic (exact) mass is 337 g/mol. The Morgan fingerprint density at radius 2 is 1.68 bits per heavy atom. The normalized spacial score (nSPS) is 10.9. The zero-order valence-electron chi connectivity index (χ0n) is 14.6. The summed E-state index contributed by atoms with van der Waals surface area (Å²) in [4.78, 5) is 36.3. The van der Waals surface area contributed by atoms with Crippen molar-refractivity contribution in [1.82, 2.24) is 15.0 Å². The van der Waals surface area contributed by atoms with Crippen molar-refractivity contribution in [3.8, 4) is 0 Å². The number of nitrogens with zero attached hydrogens (tertiary/aromatic N) is 2. The Hall–Kier alpha value is -3.02. The summed E-state index contributed by atoms with van der Waals surface area (Å²) in [6.45, 7) is 7.14. The quantitative estimate of drug-likeness (QED) is 0.583. The number of aryl methyl sites for hydroxylation is 4. The highest BCUT2D eigenvalue weighted by molar-refractivity contribution is 6.00. The number of ketones is 1. The first-order valence-corrected chi connectivity index (χ1v) is 7.96. The van der Waals surface area contributed by atoms with Gasteiger partial charge in [-0.05, 0) is 52.0 Å². The molecule has 128 valence electrons. The average molecular weight is 337 g/mol. The van der Waals surface area contributed by atoms with Gasteiger partial charge in [0.05, 0.1) is 28.0 Å². The number of fused-ring (bicyclic) bond motifs is 1. The van der Waals surface area contributed by atoms with Gasteiger partial charge in [0.2, 0.25) is 5.78 Å². The van der Waals surface area contributed by atoms with Crippen LogP contribution in [0.1, 0.15) is 43.5 Å². The molecule has 0 unspecified atom stereocenters. The maximum absolute atomic E-state index is 12.2. The van der Waals surface area contributed by atoms with Gasteiger partial charge < -0.3 is 9.72 Å². The molecule has 0 spiro atoms. The molecule has 0 radical (unpaired) electrons. The highest BCUT2D eigenvalue weighted by Crippen LogP contribution is 2.16. The second-order valence-electron chi connectivity index (χ2n) is 6.09. The molecular weight excluding hydrogens is 318 g/mol. The van der Waals surface area contributed by atoms with Crippen LogP contribution in [0.25, 0.3) is 11.0 Å². The van der Waals surface area contributed by atoms with E-state index < -0.39 is 5.97 Å². The molecule has 0 amide bonds. The molecule has 0 saturated carbocycles. The van der Waals surface area contributed by atoms with Crippen molar-refractivity contribution in [2.75, 3.05) is 6.61 Å². The number of benzene rings is 1. The first-order chi connectivity index (χ1) is 11.8. The van der Waals surface area contributed by atoms with Crippen LogP contribution in [0.4, 0.5) is 0 Å². The van der Waals surface area contributed by atoms with E-state index in [1.807, 2.05) is 27.7 Å². The molecule has 3 rings (SSSR count). The number of ether oxygens (including phenoxy) is 1. The summed E-state index contributed by atoms with van der Waals surface area (Å²) in [6.07, 6.45) is 0. The highest BCUT2D eigenvalue weighted by Gasteiger charge is 2.16. The molecular formula is C19H19N3O3. The van der Waals surface area contributed by atoms with E-state index in [1.165, 1.54) is 0 Å². The van der Waals surface area contributed by atoms with Crippen molar-refractivity contribution < 1.29 is 14.3 Å². The predicted molar refractivity (Wildman–Crippen MR) is 93.9 cm³/mol. The van der Waals surface area contributed by atoms with Crippen LogP contribution < -0.4 is 0 Å². The zero-order valence-corrected chi connectivity index (χ0v) is 14.6. The third kappa shape index (κ3) is 3.42. The summed E-state index contributed by atoms with van der Waals surface area (Å²) in [5.41, 5.74) is 5.56. The van der Waals surface area contributed by atoms with Crippen LogP contribution in [0.3, 0.4) is 0 Å². The maximum Gasteiger partial charge on any atom is 0.338 e. The van der Waals surface area contributed by atoms with Gasteiger partial charge in [0.1, 0.15) is 0 Å².